The second-order valence-corrected chi connectivity index (χ2v) is 6.27. The summed E-state index contributed by atoms with van der Waals surface area (Å²) in [6.07, 6.45) is 0.517. The van der Waals surface area contributed by atoms with Gasteiger partial charge >= 0.3 is 0 Å². The third kappa shape index (κ3) is 2.07. The largest absolute Gasteiger partial charge is 0.344 e. The number of hydrogen-bond acceptors (Lipinski definition) is 2. The van der Waals surface area contributed by atoms with Gasteiger partial charge in [0.2, 0.25) is 11.8 Å². The number of nitrogens with one attached hydrogen (secondary N) is 1. The van der Waals surface area contributed by atoms with Crippen LogP contribution in [-0.2, 0) is 16.0 Å². The number of amides is 2. The van der Waals surface area contributed by atoms with Gasteiger partial charge in [-0.3, -0.25) is 9.59 Å². The summed E-state index contributed by atoms with van der Waals surface area (Å²) in [5, 5.41) is 7.32. The minimum Gasteiger partial charge on any atom is -0.344 e. The molecule has 24 heavy (non-hydrogen) atoms. The Labute approximate surface area is 140 Å². The summed E-state index contributed by atoms with van der Waals surface area (Å²) in [6, 6.07) is 15.9. The normalized spacial score (nSPS) is 17.2. The van der Waals surface area contributed by atoms with Gasteiger partial charge in [-0.25, -0.2) is 0 Å². The maximum Gasteiger partial charge on any atom is 0.249 e. The number of nitrogens with zero attached hydrogens (tertiary/aromatic N) is 1. The molecule has 120 valence electrons. The Morgan fingerprint density at radius 2 is 1.54 bits per heavy atom. The van der Waals surface area contributed by atoms with Crippen molar-refractivity contribution >= 4 is 39.0 Å². The van der Waals surface area contributed by atoms with Crippen molar-refractivity contribution in [3.63, 3.8) is 0 Å². The molecule has 0 fully saturated rings. The molecule has 3 aromatic rings. The molecule has 1 heterocycles. The van der Waals surface area contributed by atoms with Gasteiger partial charge in [0.25, 0.3) is 0 Å². The fraction of sp³-hybridized carbons (Fsp3) is 0.200. The average molecular weight is 318 g/mol. The van der Waals surface area contributed by atoms with Crippen molar-refractivity contribution in [1.29, 1.82) is 0 Å². The van der Waals surface area contributed by atoms with Crippen LogP contribution in [0.25, 0.3) is 21.5 Å². The molecule has 1 aliphatic rings. The number of carbonyl (C=O) groups is 2. The van der Waals surface area contributed by atoms with Crippen LogP contribution in [-0.4, -0.2) is 24.9 Å². The summed E-state index contributed by atoms with van der Waals surface area (Å²) in [5.74, 6) is -0.256. The summed E-state index contributed by atoms with van der Waals surface area (Å²) in [6.45, 7) is 1.45. The molecule has 0 saturated carbocycles. The summed E-state index contributed by atoms with van der Waals surface area (Å²) in [4.78, 5) is 25.9. The van der Waals surface area contributed by atoms with Crippen LogP contribution in [0.1, 0.15) is 12.5 Å². The lowest BCUT2D eigenvalue weighted by molar-refractivity contribution is -0.126. The van der Waals surface area contributed by atoms with Crippen molar-refractivity contribution in [3.05, 3.63) is 54.1 Å². The SMILES string of the molecule is CC(=O)N[C@@H]1Cc2c(c3ccccc3c3ccccc23)N(C)C1=O. The molecule has 4 nitrogen and oxygen atoms in total. The van der Waals surface area contributed by atoms with E-state index in [0.717, 1.165) is 27.4 Å². The Hall–Kier alpha value is -2.88. The van der Waals surface area contributed by atoms with Crippen LogP contribution in [0.4, 0.5) is 5.69 Å². The zero-order valence-corrected chi connectivity index (χ0v) is 13.7. The van der Waals surface area contributed by atoms with Gasteiger partial charge in [0.05, 0.1) is 5.69 Å². The van der Waals surface area contributed by atoms with Gasteiger partial charge in [0, 0.05) is 25.8 Å². The van der Waals surface area contributed by atoms with Crippen molar-refractivity contribution in [2.24, 2.45) is 0 Å². The highest BCUT2D eigenvalue weighted by Gasteiger charge is 2.33. The number of anilines is 1. The van der Waals surface area contributed by atoms with Crippen molar-refractivity contribution in [3.8, 4) is 0 Å². The Bertz CT molecular complexity index is 994. The van der Waals surface area contributed by atoms with E-state index in [2.05, 4.69) is 29.6 Å². The van der Waals surface area contributed by atoms with Gasteiger partial charge in [-0.2, -0.15) is 0 Å². The van der Waals surface area contributed by atoms with Gasteiger partial charge in [0.15, 0.2) is 0 Å². The number of rotatable bonds is 1. The summed E-state index contributed by atoms with van der Waals surface area (Å²) in [5.41, 5.74) is 2.07. The predicted octanol–water partition coefficient (Wildman–Crippen LogP) is 3.02. The minimum atomic E-state index is -0.510. The fourth-order valence-electron chi connectivity index (χ4n) is 3.78. The average Bonchev–Trinajstić information content (AvgIpc) is 2.59. The zero-order valence-electron chi connectivity index (χ0n) is 13.7. The molecule has 4 rings (SSSR count). The lowest BCUT2D eigenvalue weighted by atomic mass is 9.88. The van der Waals surface area contributed by atoms with Crippen LogP contribution in [0.3, 0.4) is 0 Å². The van der Waals surface area contributed by atoms with Gasteiger partial charge in [0.1, 0.15) is 6.04 Å². The van der Waals surface area contributed by atoms with E-state index >= 15 is 0 Å². The Morgan fingerprint density at radius 3 is 2.17 bits per heavy atom. The van der Waals surface area contributed by atoms with Crippen LogP contribution in [0, 0.1) is 0 Å². The summed E-state index contributed by atoms with van der Waals surface area (Å²) in [7, 11) is 1.79. The molecule has 1 N–H and O–H groups in total. The lowest BCUT2D eigenvalue weighted by Crippen LogP contribution is -2.51. The molecular formula is C20H18N2O2. The van der Waals surface area contributed by atoms with Crippen LogP contribution < -0.4 is 10.2 Å². The lowest BCUT2D eigenvalue weighted by Gasteiger charge is -2.34. The molecule has 0 aliphatic carbocycles. The molecule has 0 radical (unpaired) electrons. The number of hydrogen-bond donors (Lipinski definition) is 1. The molecule has 1 aliphatic heterocycles. The number of fused-ring (bicyclic) bond motifs is 6. The maximum atomic E-state index is 12.7. The zero-order chi connectivity index (χ0) is 16.8. The molecule has 1 atom stereocenters. The van der Waals surface area contributed by atoms with Crippen LogP contribution in [0.15, 0.2) is 48.5 Å². The van der Waals surface area contributed by atoms with E-state index in [1.54, 1.807) is 11.9 Å². The van der Waals surface area contributed by atoms with Crippen molar-refractivity contribution in [1.82, 2.24) is 5.32 Å². The number of likely N-dealkylation sites (N-methyl/N-ethyl adjacent to an activating group) is 1. The van der Waals surface area contributed by atoms with Gasteiger partial charge in [-0.1, -0.05) is 48.5 Å². The number of benzene rings is 3. The van der Waals surface area contributed by atoms with E-state index in [9.17, 15) is 9.59 Å². The quantitative estimate of drug-likeness (QED) is 0.701. The van der Waals surface area contributed by atoms with Crippen molar-refractivity contribution in [2.45, 2.75) is 19.4 Å². The molecule has 4 heteroatoms. The molecule has 0 spiro atoms. The number of carbonyl (C=O) groups excluding carboxylic acids is 2. The fourth-order valence-corrected chi connectivity index (χ4v) is 3.78. The highest BCUT2D eigenvalue weighted by molar-refractivity contribution is 6.19. The minimum absolute atomic E-state index is 0.0712. The van der Waals surface area contributed by atoms with Gasteiger partial charge in [-0.15, -0.1) is 0 Å². The smallest absolute Gasteiger partial charge is 0.249 e. The molecule has 0 aromatic heterocycles. The summed E-state index contributed by atoms with van der Waals surface area (Å²) < 4.78 is 0. The third-order valence-corrected chi connectivity index (χ3v) is 4.76. The van der Waals surface area contributed by atoms with Gasteiger partial charge in [-0.05, 0) is 21.7 Å². The predicted molar refractivity (Wildman–Crippen MR) is 96.2 cm³/mol. The molecule has 0 bridgehead atoms. The van der Waals surface area contributed by atoms with Crippen molar-refractivity contribution < 1.29 is 9.59 Å². The van der Waals surface area contributed by atoms with E-state index in [0.29, 0.717) is 6.42 Å². The maximum absolute atomic E-state index is 12.7. The van der Waals surface area contributed by atoms with Crippen LogP contribution >= 0.6 is 0 Å². The first-order valence-electron chi connectivity index (χ1n) is 8.05. The van der Waals surface area contributed by atoms with E-state index in [-0.39, 0.29) is 11.8 Å². The monoisotopic (exact) mass is 318 g/mol. The topological polar surface area (TPSA) is 49.4 Å². The Balaban J connectivity index is 2.07. The molecular weight excluding hydrogens is 300 g/mol. The first kappa shape index (κ1) is 14.7. The molecule has 2 amide bonds. The first-order chi connectivity index (χ1) is 11.6. The second kappa shape index (κ2) is 5.34. The first-order valence-corrected chi connectivity index (χ1v) is 8.05. The molecule has 0 unspecified atom stereocenters. The highest BCUT2D eigenvalue weighted by Crippen LogP contribution is 2.41. The highest BCUT2D eigenvalue weighted by atomic mass is 16.2. The van der Waals surface area contributed by atoms with E-state index in [1.807, 2.05) is 24.3 Å². The molecule has 0 saturated heterocycles. The van der Waals surface area contributed by atoms with E-state index in [4.69, 9.17) is 0 Å². The van der Waals surface area contributed by atoms with E-state index < -0.39 is 6.04 Å². The van der Waals surface area contributed by atoms with Crippen molar-refractivity contribution in [2.75, 3.05) is 11.9 Å². The van der Waals surface area contributed by atoms with Crippen LogP contribution in [0.2, 0.25) is 0 Å². The summed E-state index contributed by atoms with van der Waals surface area (Å²) >= 11 is 0. The van der Waals surface area contributed by atoms with Crippen LogP contribution in [0.5, 0.6) is 0 Å². The Kier molecular flexibility index (Phi) is 3.27. The Morgan fingerprint density at radius 1 is 1.00 bits per heavy atom. The molecule has 3 aromatic carbocycles. The standard InChI is InChI=1S/C20H18N2O2/c1-12(23)21-18-11-17-15-9-4-3-7-13(15)14-8-5-6-10-16(14)19(17)22(2)20(18)24/h3-10,18H,11H2,1-2H3,(H,21,23)/t18-/m1/s1. The van der Waals surface area contributed by atoms with E-state index in [1.165, 1.54) is 12.3 Å². The second-order valence-electron chi connectivity index (χ2n) is 6.27. The third-order valence-electron chi connectivity index (χ3n) is 4.76. The van der Waals surface area contributed by atoms with Gasteiger partial charge < -0.3 is 10.2 Å².